The van der Waals surface area contributed by atoms with Crippen LogP contribution in [0.25, 0.3) is 0 Å². The number of benzene rings is 1. The topological polar surface area (TPSA) is 75.6 Å². The molecule has 5 nitrogen and oxygen atoms in total. The van der Waals surface area contributed by atoms with Gasteiger partial charge >= 0.3 is 6.09 Å². The molecule has 1 rings (SSSR count). The molecule has 0 heterocycles. The fourth-order valence-electron chi connectivity index (χ4n) is 1.35. The minimum atomic E-state index is -1.08. The summed E-state index contributed by atoms with van der Waals surface area (Å²) in [6, 6.07) is 8.73. The lowest BCUT2D eigenvalue weighted by molar-refractivity contribution is 0.131. The van der Waals surface area contributed by atoms with Crippen LogP contribution in [0.3, 0.4) is 0 Å². The Morgan fingerprint density at radius 3 is 2.67 bits per heavy atom. The first kappa shape index (κ1) is 14.7. The van der Waals surface area contributed by atoms with Gasteiger partial charge in [-0.1, -0.05) is 30.3 Å². The third-order valence-electron chi connectivity index (χ3n) is 2.19. The van der Waals surface area contributed by atoms with Gasteiger partial charge in [-0.3, -0.25) is 4.21 Å². The molecular weight excluding hydrogens is 254 g/mol. The van der Waals surface area contributed by atoms with E-state index in [0.29, 0.717) is 0 Å². The van der Waals surface area contributed by atoms with Crippen molar-refractivity contribution in [3.8, 4) is 0 Å². The van der Waals surface area contributed by atoms with Crippen LogP contribution in [0, 0.1) is 0 Å². The number of hydrogen-bond donors (Lipinski definition) is 2. The molecule has 2 atom stereocenters. The zero-order valence-corrected chi connectivity index (χ0v) is 11.0. The first-order valence-corrected chi connectivity index (χ1v) is 7.22. The minimum Gasteiger partial charge on any atom is -0.445 e. The number of aliphatic hydroxyl groups is 1. The van der Waals surface area contributed by atoms with Crippen LogP contribution in [-0.4, -0.2) is 40.1 Å². The summed E-state index contributed by atoms with van der Waals surface area (Å²) in [6.07, 6.45) is 0.892. The number of alkyl carbamates (subject to hydrolysis) is 1. The van der Waals surface area contributed by atoms with Gasteiger partial charge in [-0.15, -0.1) is 0 Å². The van der Waals surface area contributed by atoms with Gasteiger partial charge in [0.05, 0.1) is 12.6 Å². The van der Waals surface area contributed by atoms with Crippen LogP contribution in [0.2, 0.25) is 0 Å². The second-order valence-corrected chi connectivity index (χ2v) is 5.31. The van der Waals surface area contributed by atoms with Crippen LogP contribution in [0.5, 0.6) is 0 Å². The normalized spacial score (nSPS) is 13.7. The van der Waals surface area contributed by atoms with E-state index < -0.39 is 22.9 Å². The first-order valence-electron chi connectivity index (χ1n) is 5.50. The second kappa shape index (κ2) is 7.84. The third kappa shape index (κ3) is 5.79. The summed E-state index contributed by atoms with van der Waals surface area (Å²) in [6.45, 7) is -0.0972. The Morgan fingerprint density at radius 2 is 2.11 bits per heavy atom. The predicted molar refractivity (Wildman–Crippen MR) is 69.6 cm³/mol. The standard InChI is InChI=1S/C12H17NO4S/c1-18(16)9-11(7-14)13-12(15)17-8-10-5-3-2-4-6-10/h2-6,11,14H,7-9H2,1H3,(H,13,15)/t11-,18+/m1/s1. The van der Waals surface area contributed by atoms with E-state index in [-0.39, 0.29) is 19.0 Å². The van der Waals surface area contributed by atoms with E-state index in [4.69, 9.17) is 9.84 Å². The zero-order valence-electron chi connectivity index (χ0n) is 10.2. The molecule has 0 fully saturated rings. The lowest BCUT2D eigenvalue weighted by atomic mass is 10.2. The summed E-state index contributed by atoms with van der Waals surface area (Å²) in [5.41, 5.74) is 0.882. The van der Waals surface area contributed by atoms with Crippen LogP contribution in [0.4, 0.5) is 4.79 Å². The Morgan fingerprint density at radius 1 is 1.44 bits per heavy atom. The van der Waals surface area contributed by atoms with Gasteiger partial charge < -0.3 is 15.2 Å². The monoisotopic (exact) mass is 271 g/mol. The van der Waals surface area contributed by atoms with Crippen molar-refractivity contribution < 1.29 is 18.8 Å². The van der Waals surface area contributed by atoms with Gasteiger partial charge in [-0.25, -0.2) is 4.79 Å². The summed E-state index contributed by atoms with van der Waals surface area (Å²) in [5, 5.41) is 11.5. The smallest absolute Gasteiger partial charge is 0.407 e. The summed E-state index contributed by atoms with van der Waals surface area (Å²) in [4.78, 5) is 11.4. The fraction of sp³-hybridized carbons (Fsp3) is 0.417. The van der Waals surface area contributed by atoms with E-state index >= 15 is 0 Å². The van der Waals surface area contributed by atoms with Crippen molar-refractivity contribution in [1.82, 2.24) is 5.32 Å². The highest BCUT2D eigenvalue weighted by atomic mass is 32.2. The van der Waals surface area contributed by atoms with E-state index in [0.717, 1.165) is 5.56 Å². The molecule has 0 aliphatic heterocycles. The third-order valence-corrected chi connectivity index (χ3v) is 3.06. The molecule has 2 N–H and O–H groups in total. The molecule has 6 heteroatoms. The molecule has 0 aromatic heterocycles. The number of ether oxygens (including phenoxy) is 1. The molecule has 0 spiro atoms. The van der Waals surface area contributed by atoms with Crippen LogP contribution in [-0.2, 0) is 22.1 Å². The van der Waals surface area contributed by atoms with Crippen molar-refractivity contribution >= 4 is 16.9 Å². The van der Waals surface area contributed by atoms with E-state index in [1.54, 1.807) is 0 Å². The van der Waals surface area contributed by atoms with E-state index in [1.807, 2.05) is 30.3 Å². The summed E-state index contributed by atoms with van der Waals surface area (Å²) in [7, 11) is -1.08. The highest BCUT2D eigenvalue weighted by Gasteiger charge is 2.13. The maximum atomic E-state index is 11.4. The maximum Gasteiger partial charge on any atom is 0.407 e. The molecule has 0 saturated carbocycles. The van der Waals surface area contributed by atoms with E-state index in [1.165, 1.54) is 6.26 Å². The number of hydrogen-bond acceptors (Lipinski definition) is 4. The zero-order chi connectivity index (χ0) is 13.4. The van der Waals surface area contributed by atoms with Crippen LogP contribution >= 0.6 is 0 Å². The van der Waals surface area contributed by atoms with Crippen molar-refractivity contribution in [2.24, 2.45) is 0 Å². The number of aliphatic hydroxyl groups excluding tert-OH is 1. The van der Waals surface area contributed by atoms with E-state index in [2.05, 4.69) is 5.32 Å². The van der Waals surface area contributed by atoms with Gasteiger partial charge in [0, 0.05) is 22.8 Å². The van der Waals surface area contributed by atoms with Crippen molar-refractivity contribution in [3.05, 3.63) is 35.9 Å². The van der Waals surface area contributed by atoms with Gasteiger partial charge in [-0.05, 0) is 5.56 Å². The molecule has 1 aromatic carbocycles. The molecule has 0 radical (unpaired) electrons. The average Bonchev–Trinajstić information content (AvgIpc) is 2.36. The Kier molecular flexibility index (Phi) is 6.38. The number of nitrogens with one attached hydrogen (secondary N) is 1. The number of amides is 1. The molecule has 1 amide bonds. The molecule has 0 bridgehead atoms. The Balaban J connectivity index is 2.34. The lowest BCUT2D eigenvalue weighted by Gasteiger charge is -2.14. The van der Waals surface area contributed by atoms with Crippen molar-refractivity contribution in [2.45, 2.75) is 12.6 Å². The van der Waals surface area contributed by atoms with Crippen molar-refractivity contribution in [1.29, 1.82) is 0 Å². The van der Waals surface area contributed by atoms with Crippen molar-refractivity contribution in [2.75, 3.05) is 18.6 Å². The SMILES string of the molecule is C[S@](=O)C[C@@H](CO)NC(=O)OCc1ccccc1. The molecule has 100 valence electrons. The molecule has 0 aliphatic carbocycles. The maximum absolute atomic E-state index is 11.4. The number of carbonyl (C=O) groups is 1. The van der Waals surface area contributed by atoms with Gasteiger partial charge in [0.1, 0.15) is 6.61 Å². The highest BCUT2D eigenvalue weighted by Crippen LogP contribution is 2.00. The van der Waals surface area contributed by atoms with Crippen LogP contribution in [0.1, 0.15) is 5.56 Å². The number of carbonyl (C=O) groups excluding carboxylic acids is 1. The van der Waals surface area contributed by atoms with Gasteiger partial charge in [0.25, 0.3) is 0 Å². The second-order valence-electron chi connectivity index (χ2n) is 3.83. The highest BCUT2D eigenvalue weighted by molar-refractivity contribution is 7.84. The molecule has 18 heavy (non-hydrogen) atoms. The van der Waals surface area contributed by atoms with Gasteiger partial charge in [0.2, 0.25) is 0 Å². The largest absolute Gasteiger partial charge is 0.445 e. The molecule has 0 saturated heterocycles. The average molecular weight is 271 g/mol. The Bertz CT molecular complexity index is 396. The molecule has 0 unspecified atom stereocenters. The summed E-state index contributed by atoms with van der Waals surface area (Å²) in [5.74, 6) is 0.205. The predicted octanol–water partition coefficient (Wildman–Crippen LogP) is 0.652. The molecule has 0 aliphatic rings. The van der Waals surface area contributed by atoms with Gasteiger partial charge in [0.15, 0.2) is 0 Å². The Hall–Kier alpha value is -1.40. The minimum absolute atomic E-state index is 0.167. The summed E-state index contributed by atoms with van der Waals surface area (Å²) >= 11 is 0. The van der Waals surface area contributed by atoms with E-state index in [9.17, 15) is 9.00 Å². The van der Waals surface area contributed by atoms with Crippen LogP contribution in [0.15, 0.2) is 30.3 Å². The van der Waals surface area contributed by atoms with Gasteiger partial charge in [-0.2, -0.15) is 0 Å². The Labute approximate surface area is 109 Å². The quantitative estimate of drug-likeness (QED) is 0.796. The van der Waals surface area contributed by atoms with Crippen LogP contribution < -0.4 is 5.32 Å². The molecular formula is C12H17NO4S. The molecule has 1 aromatic rings. The van der Waals surface area contributed by atoms with Crippen molar-refractivity contribution in [3.63, 3.8) is 0 Å². The summed E-state index contributed by atoms with van der Waals surface area (Å²) < 4.78 is 16.0. The first-order chi connectivity index (χ1) is 8.61. The fourth-order valence-corrected chi connectivity index (χ4v) is 2.11. The number of rotatable bonds is 6. The lowest BCUT2D eigenvalue weighted by Crippen LogP contribution is -2.41.